The molecule has 0 spiro atoms. The molecule has 1 aromatic carbocycles. The second-order valence-electron chi connectivity index (χ2n) is 7.38. The maximum atomic E-state index is 12.3. The van der Waals surface area contributed by atoms with Gasteiger partial charge in [0, 0.05) is 18.3 Å². The highest BCUT2D eigenvalue weighted by atomic mass is 32.1. The third kappa shape index (κ3) is 4.82. The molecule has 26 heavy (non-hydrogen) atoms. The molecule has 1 aliphatic rings. The van der Waals surface area contributed by atoms with Crippen molar-refractivity contribution < 1.29 is 14.3 Å². The molecule has 0 radical (unpaired) electrons. The minimum absolute atomic E-state index is 0.0336. The fraction of sp³-hybridized carbons (Fsp3) is 0.421. The van der Waals surface area contributed by atoms with Crippen LogP contribution in [-0.4, -0.2) is 34.7 Å². The van der Waals surface area contributed by atoms with E-state index in [1.807, 2.05) is 51.1 Å². The van der Waals surface area contributed by atoms with E-state index in [1.54, 1.807) is 6.20 Å². The number of alkyl carbamates (subject to hydrolysis) is 1. The predicted molar refractivity (Wildman–Crippen MR) is 101 cm³/mol. The maximum Gasteiger partial charge on any atom is 0.407 e. The molecule has 1 heterocycles. The van der Waals surface area contributed by atoms with Gasteiger partial charge in [-0.1, -0.05) is 30.3 Å². The SMILES string of the molecule is CC(C)(C)OC(=O)N[C@H]1C[C@H](NC(=O)c2ncc(-c3ccccc3)s2)C1. The van der Waals surface area contributed by atoms with Gasteiger partial charge in [0.1, 0.15) is 5.60 Å². The molecule has 2 amide bonds. The van der Waals surface area contributed by atoms with Gasteiger partial charge in [0.05, 0.1) is 4.88 Å². The smallest absolute Gasteiger partial charge is 0.407 e. The first kappa shape index (κ1) is 18.4. The third-order valence-electron chi connectivity index (χ3n) is 3.95. The number of ether oxygens (including phenoxy) is 1. The minimum atomic E-state index is -0.511. The van der Waals surface area contributed by atoms with Gasteiger partial charge < -0.3 is 15.4 Å². The topological polar surface area (TPSA) is 80.3 Å². The van der Waals surface area contributed by atoms with Crippen molar-refractivity contribution in [3.8, 4) is 10.4 Å². The fourth-order valence-corrected chi connectivity index (χ4v) is 3.51. The van der Waals surface area contributed by atoms with E-state index in [1.165, 1.54) is 11.3 Å². The Morgan fingerprint density at radius 2 is 1.77 bits per heavy atom. The summed E-state index contributed by atoms with van der Waals surface area (Å²) in [5, 5.41) is 6.23. The van der Waals surface area contributed by atoms with Gasteiger partial charge in [-0.15, -0.1) is 11.3 Å². The van der Waals surface area contributed by atoms with Gasteiger partial charge in [-0.25, -0.2) is 9.78 Å². The summed E-state index contributed by atoms with van der Waals surface area (Å²) in [4.78, 5) is 29.2. The van der Waals surface area contributed by atoms with Crippen LogP contribution in [0.1, 0.15) is 43.4 Å². The second-order valence-corrected chi connectivity index (χ2v) is 8.41. The molecule has 1 aromatic heterocycles. The lowest BCUT2D eigenvalue weighted by molar-refractivity contribution is 0.0465. The van der Waals surface area contributed by atoms with E-state index in [-0.39, 0.29) is 18.0 Å². The number of nitrogens with one attached hydrogen (secondary N) is 2. The molecule has 2 N–H and O–H groups in total. The van der Waals surface area contributed by atoms with Crippen LogP contribution >= 0.6 is 11.3 Å². The first-order valence-electron chi connectivity index (χ1n) is 8.62. The summed E-state index contributed by atoms with van der Waals surface area (Å²) in [5.74, 6) is -0.169. The Kier molecular flexibility index (Phi) is 5.27. The Morgan fingerprint density at radius 1 is 1.12 bits per heavy atom. The summed E-state index contributed by atoms with van der Waals surface area (Å²) in [7, 11) is 0. The molecule has 3 rings (SSSR count). The highest BCUT2D eigenvalue weighted by Gasteiger charge is 2.33. The number of carbonyl (C=O) groups excluding carboxylic acids is 2. The lowest BCUT2D eigenvalue weighted by Gasteiger charge is -2.36. The molecule has 0 aliphatic heterocycles. The molecular weight excluding hydrogens is 350 g/mol. The summed E-state index contributed by atoms with van der Waals surface area (Å²) in [6.45, 7) is 5.48. The lowest BCUT2D eigenvalue weighted by atomic mass is 9.87. The van der Waals surface area contributed by atoms with Gasteiger partial charge in [-0.3, -0.25) is 4.79 Å². The van der Waals surface area contributed by atoms with Crippen LogP contribution in [0, 0.1) is 0 Å². The molecule has 0 atom stereocenters. The monoisotopic (exact) mass is 373 g/mol. The van der Waals surface area contributed by atoms with Gasteiger partial charge >= 0.3 is 6.09 Å². The van der Waals surface area contributed by atoms with E-state index in [4.69, 9.17) is 4.74 Å². The average molecular weight is 373 g/mol. The highest BCUT2D eigenvalue weighted by Crippen LogP contribution is 2.26. The van der Waals surface area contributed by atoms with Crippen molar-refractivity contribution in [2.45, 2.75) is 51.3 Å². The molecule has 138 valence electrons. The molecule has 2 aromatic rings. The van der Waals surface area contributed by atoms with Crippen LogP contribution in [0.2, 0.25) is 0 Å². The van der Waals surface area contributed by atoms with Crippen LogP contribution in [0.25, 0.3) is 10.4 Å². The van der Waals surface area contributed by atoms with Crippen molar-refractivity contribution in [3.63, 3.8) is 0 Å². The molecular formula is C19H23N3O3S. The number of benzene rings is 1. The lowest BCUT2D eigenvalue weighted by Crippen LogP contribution is -2.54. The molecule has 1 saturated carbocycles. The zero-order chi connectivity index (χ0) is 18.7. The summed E-state index contributed by atoms with van der Waals surface area (Å²) in [6.07, 6.45) is 2.70. The molecule has 0 saturated heterocycles. The second kappa shape index (κ2) is 7.45. The Balaban J connectivity index is 1.46. The molecule has 1 aliphatic carbocycles. The molecule has 0 unspecified atom stereocenters. The van der Waals surface area contributed by atoms with Gasteiger partial charge in [0.15, 0.2) is 5.01 Å². The number of aromatic nitrogens is 1. The van der Waals surface area contributed by atoms with E-state index in [2.05, 4.69) is 15.6 Å². The Hall–Kier alpha value is -2.41. The van der Waals surface area contributed by atoms with E-state index in [0.717, 1.165) is 10.4 Å². The molecule has 6 nitrogen and oxygen atoms in total. The van der Waals surface area contributed by atoms with Crippen LogP contribution in [0.15, 0.2) is 36.5 Å². The van der Waals surface area contributed by atoms with Crippen molar-refractivity contribution in [1.29, 1.82) is 0 Å². The highest BCUT2D eigenvalue weighted by molar-refractivity contribution is 7.16. The summed E-state index contributed by atoms with van der Waals surface area (Å²) >= 11 is 1.38. The first-order valence-corrected chi connectivity index (χ1v) is 9.43. The standard InChI is InChI=1S/C19H23N3O3S/c1-19(2,3)25-18(24)22-14-9-13(10-14)21-16(23)17-20-11-15(26-17)12-7-5-4-6-8-12/h4-8,11,13-14H,9-10H2,1-3H3,(H,21,23)(H,22,24)/t13-,14-. The van der Waals surface area contributed by atoms with Crippen LogP contribution in [0.4, 0.5) is 4.79 Å². The third-order valence-corrected chi connectivity index (χ3v) is 5.00. The predicted octanol–water partition coefficient (Wildman–Crippen LogP) is 3.60. The van der Waals surface area contributed by atoms with Gasteiger partial charge in [-0.05, 0) is 39.2 Å². The minimum Gasteiger partial charge on any atom is -0.444 e. The number of carbonyl (C=O) groups is 2. The van der Waals surface area contributed by atoms with Crippen molar-refractivity contribution in [2.24, 2.45) is 0 Å². The number of amides is 2. The zero-order valence-electron chi connectivity index (χ0n) is 15.1. The summed E-state index contributed by atoms with van der Waals surface area (Å²) < 4.78 is 5.23. The van der Waals surface area contributed by atoms with Gasteiger partial charge in [0.2, 0.25) is 0 Å². The maximum absolute atomic E-state index is 12.3. The van der Waals surface area contributed by atoms with Crippen molar-refractivity contribution in [2.75, 3.05) is 0 Å². The van der Waals surface area contributed by atoms with Gasteiger partial charge in [0.25, 0.3) is 5.91 Å². The van der Waals surface area contributed by atoms with E-state index in [9.17, 15) is 9.59 Å². The Bertz CT molecular complexity index is 777. The van der Waals surface area contributed by atoms with Crippen LogP contribution in [0.5, 0.6) is 0 Å². The number of thiazole rings is 1. The molecule has 1 fully saturated rings. The normalized spacial score (nSPS) is 19.3. The van der Waals surface area contributed by atoms with Crippen LogP contribution < -0.4 is 10.6 Å². The number of nitrogens with zero attached hydrogens (tertiary/aromatic N) is 1. The van der Waals surface area contributed by atoms with Crippen LogP contribution in [0.3, 0.4) is 0 Å². The van der Waals surface area contributed by atoms with Crippen LogP contribution in [-0.2, 0) is 4.74 Å². The number of hydrogen-bond acceptors (Lipinski definition) is 5. The Labute approximate surface area is 157 Å². The number of hydrogen-bond donors (Lipinski definition) is 2. The molecule has 7 heteroatoms. The quantitative estimate of drug-likeness (QED) is 0.858. The van der Waals surface area contributed by atoms with E-state index >= 15 is 0 Å². The van der Waals surface area contributed by atoms with E-state index < -0.39 is 11.7 Å². The average Bonchev–Trinajstić information content (AvgIpc) is 3.02. The van der Waals surface area contributed by atoms with Crippen molar-refractivity contribution in [3.05, 3.63) is 41.5 Å². The van der Waals surface area contributed by atoms with Crippen molar-refractivity contribution in [1.82, 2.24) is 15.6 Å². The zero-order valence-corrected chi connectivity index (χ0v) is 15.9. The van der Waals surface area contributed by atoms with Gasteiger partial charge in [-0.2, -0.15) is 0 Å². The molecule has 0 bridgehead atoms. The first-order chi connectivity index (χ1) is 12.3. The number of rotatable bonds is 4. The Morgan fingerprint density at radius 3 is 2.42 bits per heavy atom. The largest absolute Gasteiger partial charge is 0.444 e. The van der Waals surface area contributed by atoms with Crippen molar-refractivity contribution >= 4 is 23.3 Å². The van der Waals surface area contributed by atoms with E-state index in [0.29, 0.717) is 17.8 Å². The summed E-state index contributed by atoms with van der Waals surface area (Å²) in [5.41, 5.74) is 0.539. The summed E-state index contributed by atoms with van der Waals surface area (Å²) in [6, 6.07) is 9.94. The fourth-order valence-electron chi connectivity index (χ4n) is 2.69.